The van der Waals surface area contributed by atoms with E-state index in [0.29, 0.717) is 33.5 Å². The van der Waals surface area contributed by atoms with E-state index >= 15 is 0 Å². The molecule has 1 atom stereocenters. The van der Waals surface area contributed by atoms with Crippen molar-refractivity contribution in [2.75, 3.05) is 26.2 Å². The topological polar surface area (TPSA) is 98.2 Å². The molecular weight excluding hydrogens is 516 g/mol. The largest absolute Gasteiger partial charge is 0.507 e. The van der Waals surface area contributed by atoms with E-state index in [4.69, 9.17) is 19.2 Å². The number of aliphatic hydroxyl groups excluding tert-OH is 1. The van der Waals surface area contributed by atoms with Gasteiger partial charge in [0.15, 0.2) is 16.6 Å². The number of ketones is 1. The van der Waals surface area contributed by atoms with Crippen molar-refractivity contribution in [1.82, 2.24) is 4.98 Å². The van der Waals surface area contributed by atoms with Gasteiger partial charge in [-0.1, -0.05) is 47.2 Å². The monoisotopic (exact) mass is 544 g/mol. The lowest BCUT2D eigenvalue weighted by Gasteiger charge is -2.24. The smallest absolute Gasteiger partial charge is 0.301 e. The van der Waals surface area contributed by atoms with Crippen LogP contribution in [0.15, 0.2) is 54.1 Å². The van der Waals surface area contributed by atoms with Crippen LogP contribution in [0.2, 0.25) is 0 Å². The highest BCUT2D eigenvalue weighted by atomic mass is 32.1. The first-order chi connectivity index (χ1) is 18.7. The molecule has 200 valence electrons. The predicted molar refractivity (Wildman–Crippen MR) is 151 cm³/mol. The average Bonchev–Trinajstić information content (AvgIpc) is 3.46. The fraction of sp³-hybridized carbons (Fsp3) is 0.233. The third kappa shape index (κ3) is 4.38. The van der Waals surface area contributed by atoms with Crippen LogP contribution in [0.25, 0.3) is 16.0 Å². The van der Waals surface area contributed by atoms with Crippen LogP contribution in [-0.4, -0.2) is 43.1 Å². The molecule has 0 aliphatic carbocycles. The lowest BCUT2D eigenvalue weighted by Crippen LogP contribution is -2.29. The fourth-order valence-electron chi connectivity index (χ4n) is 4.93. The summed E-state index contributed by atoms with van der Waals surface area (Å²) in [7, 11) is 4.47. The average molecular weight is 545 g/mol. The molecule has 1 aliphatic heterocycles. The Bertz CT molecular complexity index is 1630. The molecule has 1 saturated heterocycles. The Balaban J connectivity index is 1.80. The molecule has 1 N–H and O–H groups in total. The molecule has 1 fully saturated rings. The van der Waals surface area contributed by atoms with Crippen LogP contribution >= 0.6 is 11.3 Å². The van der Waals surface area contributed by atoms with E-state index in [9.17, 15) is 14.7 Å². The van der Waals surface area contributed by atoms with Crippen molar-refractivity contribution >= 4 is 44.1 Å². The van der Waals surface area contributed by atoms with Crippen LogP contribution < -0.4 is 19.1 Å². The SMILES string of the molecule is COc1cc([C@@H]2C(=C(O)c3ccc(C)cc3)C(=O)C(=O)N2c2nc3c(C)cc(C)cc3s2)cc(OC)c1OC. The van der Waals surface area contributed by atoms with Crippen LogP contribution in [0.3, 0.4) is 0 Å². The highest BCUT2D eigenvalue weighted by Gasteiger charge is 2.48. The van der Waals surface area contributed by atoms with Gasteiger partial charge in [0.05, 0.1) is 43.2 Å². The van der Waals surface area contributed by atoms with Gasteiger partial charge in [-0.15, -0.1) is 0 Å². The van der Waals surface area contributed by atoms with Crippen LogP contribution in [0.1, 0.15) is 33.9 Å². The van der Waals surface area contributed by atoms with Gasteiger partial charge in [-0.05, 0) is 55.7 Å². The lowest BCUT2D eigenvalue weighted by atomic mass is 9.94. The Morgan fingerprint density at radius 3 is 2.13 bits per heavy atom. The Morgan fingerprint density at radius 1 is 0.897 bits per heavy atom. The summed E-state index contributed by atoms with van der Waals surface area (Å²) in [6, 6.07) is 13.5. The zero-order valence-electron chi connectivity index (χ0n) is 22.5. The van der Waals surface area contributed by atoms with Gasteiger partial charge in [0, 0.05) is 5.56 Å². The van der Waals surface area contributed by atoms with E-state index in [0.717, 1.165) is 26.9 Å². The fourth-order valence-corrected chi connectivity index (χ4v) is 6.10. The van der Waals surface area contributed by atoms with Gasteiger partial charge < -0.3 is 19.3 Å². The molecule has 9 heteroatoms. The number of carbonyl (C=O) groups excluding carboxylic acids is 2. The number of methoxy groups -OCH3 is 3. The van der Waals surface area contributed by atoms with Crippen LogP contribution in [-0.2, 0) is 9.59 Å². The first kappa shape index (κ1) is 26.2. The first-order valence-corrected chi connectivity index (χ1v) is 13.1. The van der Waals surface area contributed by atoms with Crippen molar-refractivity contribution in [1.29, 1.82) is 0 Å². The Labute approximate surface area is 230 Å². The van der Waals surface area contributed by atoms with E-state index in [1.165, 1.54) is 37.6 Å². The lowest BCUT2D eigenvalue weighted by molar-refractivity contribution is -0.132. The molecule has 0 bridgehead atoms. The van der Waals surface area contributed by atoms with E-state index in [-0.39, 0.29) is 11.3 Å². The molecule has 39 heavy (non-hydrogen) atoms. The van der Waals surface area contributed by atoms with Gasteiger partial charge >= 0.3 is 5.91 Å². The Kier molecular flexibility index (Phi) is 6.78. The molecule has 2 heterocycles. The number of anilines is 1. The number of nitrogens with zero attached hydrogens (tertiary/aromatic N) is 2. The summed E-state index contributed by atoms with van der Waals surface area (Å²) in [4.78, 5) is 33.4. The highest BCUT2D eigenvalue weighted by Crippen LogP contribution is 2.48. The first-order valence-electron chi connectivity index (χ1n) is 12.2. The number of benzene rings is 3. The van der Waals surface area contributed by atoms with Gasteiger partial charge in [0.2, 0.25) is 5.75 Å². The molecule has 0 spiro atoms. The van der Waals surface area contributed by atoms with Crippen LogP contribution in [0, 0.1) is 20.8 Å². The van der Waals surface area contributed by atoms with E-state index in [1.54, 1.807) is 24.3 Å². The normalized spacial score (nSPS) is 16.7. The van der Waals surface area contributed by atoms with E-state index in [2.05, 4.69) is 0 Å². The van der Waals surface area contributed by atoms with Crippen LogP contribution in [0.5, 0.6) is 17.2 Å². The predicted octanol–water partition coefficient (Wildman–Crippen LogP) is 5.87. The quantitative estimate of drug-likeness (QED) is 0.184. The van der Waals surface area contributed by atoms with Crippen molar-refractivity contribution in [3.05, 3.63) is 81.9 Å². The zero-order valence-corrected chi connectivity index (χ0v) is 23.3. The summed E-state index contributed by atoms with van der Waals surface area (Å²) < 4.78 is 17.5. The standard InChI is InChI=1S/C30H28N2O6S/c1-15-7-9-18(10-8-15)26(33)23-25(19-13-20(36-4)28(38-6)21(14-19)37-5)32(29(35)27(23)34)30-31-24-17(3)11-16(2)12-22(24)39-30/h7-14,25,33H,1-6H3/t25-/m1/s1. The number of carbonyl (C=O) groups is 2. The number of aromatic nitrogens is 1. The van der Waals surface area contributed by atoms with E-state index < -0.39 is 17.7 Å². The maximum Gasteiger partial charge on any atom is 0.301 e. The maximum atomic E-state index is 13.7. The molecule has 3 aromatic carbocycles. The molecular formula is C30H28N2O6S. The second-order valence-electron chi connectivity index (χ2n) is 9.42. The molecule has 1 aromatic heterocycles. The summed E-state index contributed by atoms with van der Waals surface area (Å²) in [6.07, 6.45) is 0. The minimum absolute atomic E-state index is 0.0507. The summed E-state index contributed by atoms with van der Waals surface area (Å²) >= 11 is 1.32. The molecule has 0 unspecified atom stereocenters. The van der Waals surface area contributed by atoms with E-state index in [1.807, 2.05) is 45.0 Å². The summed E-state index contributed by atoms with van der Waals surface area (Å²) in [5, 5.41) is 11.8. The second-order valence-corrected chi connectivity index (χ2v) is 10.4. The highest BCUT2D eigenvalue weighted by molar-refractivity contribution is 7.22. The number of aryl methyl sites for hydroxylation is 3. The number of amides is 1. The number of ether oxygens (including phenoxy) is 3. The van der Waals surface area contributed by atoms with Gasteiger partial charge in [0.1, 0.15) is 5.76 Å². The van der Waals surface area contributed by atoms with Gasteiger partial charge in [-0.25, -0.2) is 4.98 Å². The van der Waals surface area contributed by atoms with Crippen molar-refractivity contribution in [3.8, 4) is 17.2 Å². The molecule has 8 nitrogen and oxygen atoms in total. The van der Waals surface area contributed by atoms with Crippen molar-refractivity contribution < 1.29 is 28.9 Å². The summed E-state index contributed by atoms with van der Waals surface area (Å²) in [5.74, 6) is -0.796. The number of fused-ring (bicyclic) bond motifs is 1. The second kappa shape index (κ2) is 10.1. The van der Waals surface area contributed by atoms with Gasteiger partial charge in [-0.3, -0.25) is 14.5 Å². The molecule has 0 saturated carbocycles. The van der Waals surface area contributed by atoms with Crippen molar-refractivity contribution in [2.45, 2.75) is 26.8 Å². The van der Waals surface area contributed by atoms with Gasteiger partial charge in [0.25, 0.3) is 5.78 Å². The number of rotatable bonds is 6. The summed E-state index contributed by atoms with van der Waals surface area (Å²) in [5.41, 5.74) is 4.64. The number of hydrogen-bond acceptors (Lipinski definition) is 8. The third-order valence-electron chi connectivity index (χ3n) is 6.80. The number of Topliss-reactive ketones (excluding diaryl/α,β-unsaturated/α-hetero) is 1. The van der Waals surface area contributed by atoms with Crippen molar-refractivity contribution in [3.63, 3.8) is 0 Å². The maximum absolute atomic E-state index is 13.7. The molecule has 4 aromatic rings. The Hall–Kier alpha value is -4.37. The van der Waals surface area contributed by atoms with Gasteiger partial charge in [-0.2, -0.15) is 0 Å². The Morgan fingerprint density at radius 2 is 1.54 bits per heavy atom. The zero-order chi connectivity index (χ0) is 28.0. The number of hydrogen-bond donors (Lipinski definition) is 1. The van der Waals surface area contributed by atoms with Crippen molar-refractivity contribution in [2.24, 2.45) is 0 Å². The number of aliphatic hydroxyl groups is 1. The molecule has 1 aliphatic rings. The minimum atomic E-state index is -0.998. The molecule has 5 rings (SSSR count). The molecule has 0 radical (unpaired) electrons. The number of thiazole rings is 1. The minimum Gasteiger partial charge on any atom is -0.507 e. The van der Waals surface area contributed by atoms with Crippen LogP contribution in [0.4, 0.5) is 5.13 Å². The summed E-state index contributed by atoms with van der Waals surface area (Å²) in [6.45, 7) is 5.88. The third-order valence-corrected chi connectivity index (χ3v) is 7.80. The molecule has 1 amide bonds.